The zero-order valence-electron chi connectivity index (χ0n) is 13.3. The lowest BCUT2D eigenvalue weighted by atomic mass is 10.1. The summed E-state index contributed by atoms with van der Waals surface area (Å²) in [5, 5.41) is 2.69. The highest BCUT2D eigenvalue weighted by atomic mass is 19.4. The second kappa shape index (κ2) is 6.63. The number of amides is 1. The van der Waals surface area contributed by atoms with E-state index in [0.717, 1.165) is 36.1 Å². The SMILES string of the molecule is C=CC(=O)Nc1ccc2c(c1)[C@H](Oc1ccc(C(F)(F)F)cc1)CC2. The van der Waals surface area contributed by atoms with E-state index < -0.39 is 11.7 Å². The summed E-state index contributed by atoms with van der Waals surface area (Å²) in [7, 11) is 0. The van der Waals surface area contributed by atoms with Crippen molar-refractivity contribution >= 4 is 11.6 Å². The van der Waals surface area contributed by atoms with Gasteiger partial charge in [-0.25, -0.2) is 0 Å². The van der Waals surface area contributed by atoms with Gasteiger partial charge in [-0.1, -0.05) is 12.6 Å². The maximum Gasteiger partial charge on any atom is 0.416 e. The summed E-state index contributed by atoms with van der Waals surface area (Å²) in [5.74, 6) is 0.0736. The minimum absolute atomic E-state index is 0.257. The van der Waals surface area contributed by atoms with Crippen LogP contribution in [0.15, 0.2) is 55.1 Å². The summed E-state index contributed by atoms with van der Waals surface area (Å²) in [4.78, 5) is 11.4. The van der Waals surface area contributed by atoms with Crippen molar-refractivity contribution < 1.29 is 22.7 Å². The average Bonchev–Trinajstić information content (AvgIpc) is 2.97. The van der Waals surface area contributed by atoms with Gasteiger partial charge in [0, 0.05) is 5.69 Å². The first-order valence-corrected chi connectivity index (χ1v) is 7.77. The minimum Gasteiger partial charge on any atom is -0.486 e. The number of rotatable bonds is 4. The first-order chi connectivity index (χ1) is 11.9. The molecule has 1 amide bonds. The zero-order valence-corrected chi connectivity index (χ0v) is 13.3. The van der Waals surface area contributed by atoms with Gasteiger partial charge in [-0.2, -0.15) is 13.2 Å². The Kier molecular flexibility index (Phi) is 4.53. The van der Waals surface area contributed by atoms with E-state index in [4.69, 9.17) is 4.74 Å². The molecule has 3 rings (SSSR count). The maximum atomic E-state index is 12.6. The van der Waals surface area contributed by atoms with E-state index in [1.54, 1.807) is 6.07 Å². The van der Waals surface area contributed by atoms with Gasteiger partial charge in [0.1, 0.15) is 11.9 Å². The zero-order chi connectivity index (χ0) is 18.0. The lowest BCUT2D eigenvalue weighted by molar-refractivity contribution is -0.137. The Morgan fingerprint density at radius 3 is 2.56 bits per heavy atom. The smallest absolute Gasteiger partial charge is 0.416 e. The predicted octanol–water partition coefficient (Wildman–Crippen LogP) is 4.90. The summed E-state index contributed by atoms with van der Waals surface area (Å²) in [6.07, 6.45) is -1.89. The number of carbonyl (C=O) groups is 1. The van der Waals surface area contributed by atoms with Crippen molar-refractivity contribution in [3.63, 3.8) is 0 Å². The van der Waals surface area contributed by atoms with Gasteiger partial charge in [-0.3, -0.25) is 4.79 Å². The number of aryl methyl sites for hydroxylation is 1. The van der Waals surface area contributed by atoms with Crippen molar-refractivity contribution in [2.24, 2.45) is 0 Å². The lowest BCUT2D eigenvalue weighted by Crippen LogP contribution is -2.09. The molecule has 0 radical (unpaired) electrons. The van der Waals surface area contributed by atoms with Gasteiger partial charge in [-0.15, -0.1) is 0 Å². The Morgan fingerprint density at radius 2 is 1.92 bits per heavy atom. The van der Waals surface area contributed by atoms with Crippen molar-refractivity contribution in [3.05, 3.63) is 71.8 Å². The molecule has 130 valence electrons. The third-order valence-corrected chi connectivity index (χ3v) is 4.08. The van der Waals surface area contributed by atoms with Crippen LogP contribution in [0.4, 0.5) is 18.9 Å². The van der Waals surface area contributed by atoms with Gasteiger partial charge >= 0.3 is 6.18 Å². The molecule has 25 heavy (non-hydrogen) atoms. The quantitative estimate of drug-likeness (QED) is 0.799. The van der Waals surface area contributed by atoms with E-state index in [1.807, 2.05) is 12.1 Å². The van der Waals surface area contributed by atoms with E-state index in [9.17, 15) is 18.0 Å². The van der Waals surface area contributed by atoms with E-state index in [-0.39, 0.29) is 12.0 Å². The summed E-state index contributed by atoms with van der Waals surface area (Å²) < 4.78 is 43.7. The minimum atomic E-state index is -4.36. The number of nitrogens with one attached hydrogen (secondary N) is 1. The lowest BCUT2D eigenvalue weighted by Gasteiger charge is -2.16. The molecule has 1 aliphatic rings. The first kappa shape index (κ1) is 17.1. The molecule has 0 aliphatic heterocycles. The highest BCUT2D eigenvalue weighted by Crippen LogP contribution is 2.37. The number of hydrogen-bond acceptors (Lipinski definition) is 2. The third-order valence-electron chi connectivity index (χ3n) is 4.08. The van der Waals surface area contributed by atoms with E-state index in [1.165, 1.54) is 18.2 Å². The number of hydrogen-bond donors (Lipinski definition) is 1. The second-order valence-corrected chi connectivity index (χ2v) is 5.77. The fourth-order valence-electron chi connectivity index (χ4n) is 2.84. The molecule has 0 fully saturated rings. The number of benzene rings is 2. The molecule has 0 bridgehead atoms. The van der Waals surface area contributed by atoms with E-state index >= 15 is 0 Å². The summed E-state index contributed by atoms with van der Waals surface area (Å²) in [5.41, 5.74) is 1.96. The number of carbonyl (C=O) groups excluding carboxylic acids is 1. The van der Waals surface area contributed by atoms with Gasteiger partial charge in [0.05, 0.1) is 5.56 Å². The topological polar surface area (TPSA) is 38.3 Å². The van der Waals surface area contributed by atoms with Gasteiger partial charge in [0.25, 0.3) is 0 Å². The fourth-order valence-corrected chi connectivity index (χ4v) is 2.84. The summed E-state index contributed by atoms with van der Waals surface area (Å²) in [6, 6.07) is 10.2. The monoisotopic (exact) mass is 347 g/mol. The summed E-state index contributed by atoms with van der Waals surface area (Å²) in [6.45, 7) is 3.41. The Morgan fingerprint density at radius 1 is 1.20 bits per heavy atom. The largest absolute Gasteiger partial charge is 0.486 e. The van der Waals surface area contributed by atoms with Crippen LogP contribution in [0.25, 0.3) is 0 Å². The van der Waals surface area contributed by atoms with Crippen molar-refractivity contribution in [1.82, 2.24) is 0 Å². The van der Waals surface area contributed by atoms with Gasteiger partial charge in [-0.05, 0) is 66.4 Å². The molecule has 0 saturated carbocycles. The van der Waals surface area contributed by atoms with Crippen LogP contribution in [0.1, 0.15) is 29.2 Å². The number of ether oxygens (including phenoxy) is 1. The van der Waals surface area contributed by atoms with Crippen LogP contribution < -0.4 is 10.1 Å². The van der Waals surface area contributed by atoms with Crippen LogP contribution in [0.5, 0.6) is 5.75 Å². The van der Waals surface area contributed by atoms with Crippen LogP contribution in [0.2, 0.25) is 0 Å². The fraction of sp³-hybridized carbons (Fsp3) is 0.211. The molecule has 1 aliphatic carbocycles. The number of anilines is 1. The van der Waals surface area contributed by atoms with Gasteiger partial charge < -0.3 is 10.1 Å². The highest BCUT2D eigenvalue weighted by Gasteiger charge is 2.30. The molecule has 6 heteroatoms. The molecule has 0 unspecified atom stereocenters. The van der Waals surface area contributed by atoms with Gasteiger partial charge in [0.2, 0.25) is 5.91 Å². The molecular weight excluding hydrogens is 331 g/mol. The molecule has 0 spiro atoms. The highest BCUT2D eigenvalue weighted by molar-refractivity contribution is 5.98. The Labute approximate surface area is 143 Å². The molecule has 0 aromatic heterocycles. The third kappa shape index (κ3) is 3.84. The van der Waals surface area contributed by atoms with E-state index in [0.29, 0.717) is 11.4 Å². The number of alkyl halides is 3. The van der Waals surface area contributed by atoms with Gasteiger partial charge in [0.15, 0.2) is 0 Å². The van der Waals surface area contributed by atoms with E-state index in [2.05, 4.69) is 11.9 Å². The van der Waals surface area contributed by atoms with Crippen molar-refractivity contribution in [3.8, 4) is 5.75 Å². The molecule has 2 aromatic carbocycles. The Bertz CT molecular complexity index is 797. The standard InChI is InChI=1S/C19H16F3NO2/c1-2-18(24)23-14-7-3-12-4-10-17(16(12)11-14)25-15-8-5-13(6-9-15)19(20,21)22/h2-3,5-9,11,17H,1,4,10H2,(H,23,24)/t17-/m1/s1. The van der Waals surface area contributed by atoms with Crippen molar-refractivity contribution in [2.75, 3.05) is 5.32 Å². The van der Waals surface area contributed by atoms with Crippen molar-refractivity contribution in [1.29, 1.82) is 0 Å². The molecule has 1 N–H and O–H groups in total. The second-order valence-electron chi connectivity index (χ2n) is 5.77. The number of halogens is 3. The normalized spacial score (nSPS) is 16.2. The van der Waals surface area contributed by atoms with Crippen LogP contribution in [-0.4, -0.2) is 5.91 Å². The van der Waals surface area contributed by atoms with Crippen LogP contribution in [0, 0.1) is 0 Å². The van der Waals surface area contributed by atoms with Crippen LogP contribution in [-0.2, 0) is 17.4 Å². The molecular formula is C19H16F3NO2. The molecule has 0 saturated heterocycles. The maximum absolute atomic E-state index is 12.6. The average molecular weight is 347 g/mol. The molecule has 0 heterocycles. The Hall–Kier alpha value is -2.76. The molecule has 3 nitrogen and oxygen atoms in total. The molecule has 2 aromatic rings. The van der Waals surface area contributed by atoms with Crippen LogP contribution in [0.3, 0.4) is 0 Å². The summed E-state index contributed by atoms with van der Waals surface area (Å²) >= 11 is 0. The number of fused-ring (bicyclic) bond motifs is 1. The predicted molar refractivity (Wildman–Crippen MR) is 88.4 cm³/mol. The molecule has 1 atom stereocenters. The van der Waals surface area contributed by atoms with Crippen molar-refractivity contribution in [2.45, 2.75) is 25.1 Å². The first-order valence-electron chi connectivity index (χ1n) is 7.77. The van der Waals surface area contributed by atoms with Crippen LogP contribution >= 0.6 is 0 Å². The Balaban J connectivity index is 1.77.